The van der Waals surface area contributed by atoms with Gasteiger partial charge in [0.05, 0.1) is 16.8 Å². The number of anilines is 1. The molecule has 152 valence electrons. The van der Waals surface area contributed by atoms with Crippen molar-refractivity contribution in [3.8, 4) is 5.69 Å². The molecule has 2 aromatic heterocycles. The van der Waals surface area contributed by atoms with Gasteiger partial charge >= 0.3 is 5.69 Å². The Hall–Kier alpha value is -3.87. The van der Waals surface area contributed by atoms with Gasteiger partial charge in [-0.25, -0.2) is 9.36 Å². The lowest BCUT2D eigenvalue weighted by atomic mass is 10.1. The third-order valence-corrected chi connectivity index (χ3v) is 5.20. The van der Waals surface area contributed by atoms with Crippen LogP contribution in [0.5, 0.6) is 0 Å². The number of aryl methyl sites for hydroxylation is 4. The van der Waals surface area contributed by atoms with Crippen molar-refractivity contribution >= 4 is 22.6 Å². The molecule has 0 saturated heterocycles. The minimum absolute atomic E-state index is 0.221. The van der Waals surface area contributed by atoms with Crippen molar-refractivity contribution in [1.29, 1.82) is 0 Å². The summed E-state index contributed by atoms with van der Waals surface area (Å²) in [5.41, 5.74) is 3.75. The first-order valence-electron chi connectivity index (χ1n) is 9.56. The molecule has 0 saturated carbocycles. The molecule has 0 fully saturated rings. The van der Waals surface area contributed by atoms with Crippen molar-refractivity contribution in [2.45, 2.75) is 20.8 Å². The van der Waals surface area contributed by atoms with Crippen LogP contribution in [0.15, 0.2) is 58.3 Å². The zero-order valence-corrected chi connectivity index (χ0v) is 17.2. The second kappa shape index (κ2) is 7.18. The van der Waals surface area contributed by atoms with E-state index >= 15 is 0 Å². The van der Waals surface area contributed by atoms with Crippen LogP contribution in [0.25, 0.3) is 16.7 Å². The van der Waals surface area contributed by atoms with Gasteiger partial charge in [0, 0.05) is 18.9 Å². The molecule has 2 N–H and O–H groups in total. The first kappa shape index (κ1) is 19.4. The van der Waals surface area contributed by atoms with E-state index in [0.29, 0.717) is 11.4 Å². The first-order valence-corrected chi connectivity index (χ1v) is 9.56. The lowest BCUT2D eigenvalue weighted by Gasteiger charge is -2.09. The summed E-state index contributed by atoms with van der Waals surface area (Å²) in [5, 5.41) is 2.88. The number of H-pyrrole nitrogens is 1. The van der Waals surface area contributed by atoms with Gasteiger partial charge in [-0.3, -0.25) is 9.59 Å². The monoisotopic (exact) mass is 402 g/mol. The number of nitrogens with one attached hydrogen (secondary N) is 2. The predicted molar refractivity (Wildman–Crippen MR) is 118 cm³/mol. The molecule has 0 aliphatic carbocycles. The lowest BCUT2D eigenvalue weighted by molar-refractivity contribution is 0.102. The maximum absolute atomic E-state index is 13.1. The average molecular weight is 402 g/mol. The summed E-state index contributed by atoms with van der Waals surface area (Å²) in [4.78, 5) is 41.6. The van der Waals surface area contributed by atoms with Crippen molar-refractivity contribution in [2.75, 3.05) is 5.32 Å². The van der Waals surface area contributed by atoms with Crippen LogP contribution in [0.3, 0.4) is 0 Å². The minimum Gasteiger partial charge on any atom is -0.344 e. The number of hydrogen-bond donors (Lipinski definition) is 2. The van der Waals surface area contributed by atoms with Crippen LogP contribution in [0, 0.1) is 20.8 Å². The Balaban J connectivity index is 1.85. The molecule has 2 heterocycles. The highest BCUT2D eigenvalue weighted by Gasteiger charge is 2.20. The fourth-order valence-corrected chi connectivity index (χ4v) is 3.53. The molecule has 0 radical (unpaired) electrons. The highest BCUT2D eigenvalue weighted by Crippen LogP contribution is 2.20. The maximum Gasteiger partial charge on any atom is 0.333 e. The van der Waals surface area contributed by atoms with Gasteiger partial charge in [-0.1, -0.05) is 29.8 Å². The molecule has 0 unspecified atom stereocenters. The van der Waals surface area contributed by atoms with Gasteiger partial charge in [0.25, 0.3) is 11.5 Å². The zero-order chi connectivity index (χ0) is 21.6. The number of aromatic amines is 1. The van der Waals surface area contributed by atoms with Gasteiger partial charge < -0.3 is 14.9 Å². The predicted octanol–water partition coefficient (Wildman–Crippen LogP) is 3.20. The van der Waals surface area contributed by atoms with Gasteiger partial charge in [-0.2, -0.15) is 0 Å². The summed E-state index contributed by atoms with van der Waals surface area (Å²) >= 11 is 0. The first-order chi connectivity index (χ1) is 14.3. The number of rotatable bonds is 3. The van der Waals surface area contributed by atoms with Gasteiger partial charge in [0.15, 0.2) is 0 Å². The van der Waals surface area contributed by atoms with Crippen LogP contribution in [0.4, 0.5) is 5.69 Å². The van der Waals surface area contributed by atoms with Crippen LogP contribution < -0.4 is 16.6 Å². The van der Waals surface area contributed by atoms with Crippen molar-refractivity contribution in [1.82, 2.24) is 14.1 Å². The molecule has 7 heteroatoms. The van der Waals surface area contributed by atoms with E-state index in [1.807, 2.05) is 51.1 Å². The molecule has 0 atom stereocenters. The second-order valence-electron chi connectivity index (χ2n) is 7.56. The fraction of sp³-hybridized carbons (Fsp3) is 0.174. The largest absolute Gasteiger partial charge is 0.344 e. The summed E-state index contributed by atoms with van der Waals surface area (Å²) in [6, 6.07) is 12.9. The van der Waals surface area contributed by atoms with Crippen molar-refractivity contribution in [3.05, 3.63) is 91.8 Å². The van der Waals surface area contributed by atoms with E-state index in [0.717, 1.165) is 21.3 Å². The number of fused-ring (bicyclic) bond motifs is 1. The SMILES string of the molecule is Cc1ccc(-n2c(=O)[nH]c3c(C(=O)Nc4cc(C)ccc4C)cn(C)c3c2=O)cc1. The Morgan fingerprint density at radius 1 is 0.967 bits per heavy atom. The lowest BCUT2D eigenvalue weighted by Crippen LogP contribution is -2.34. The smallest absolute Gasteiger partial charge is 0.333 e. The molecule has 4 rings (SSSR count). The van der Waals surface area contributed by atoms with Crippen LogP contribution >= 0.6 is 0 Å². The standard InChI is InChI=1S/C23H22N4O3/c1-13-6-9-16(10-7-13)27-22(29)20-19(25-23(27)30)17(12-26(20)4)21(28)24-18-11-14(2)5-8-15(18)3/h5-12H,1-4H3,(H,24,28)(H,25,30). The molecule has 0 aliphatic heterocycles. The summed E-state index contributed by atoms with van der Waals surface area (Å²) < 4.78 is 2.64. The summed E-state index contributed by atoms with van der Waals surface area (Å²) in [6.45, 7) is 5.77. The van der Waals surface area contributed by atoms with Crippen LogP contribution in [-0.2, 0) is 7.05 Å². The molecule has 0 spiro atoms. The van der Waals surface area contributed by atoms with Crippen molar-refractivity contribution < 1.29 is 4.79 Å². The second-order valence-corrected chi connectivity index (χ2v) is 7.56. The maximum atomic E-state index is 13.1. The van der Waals surface area contributed by atoms with E-state index in [1.165, 1.54) is 0 Å². The molecule has 2 aromatic carbocycles. The molecule has 1 amide bonds. The average Bonchev–Trinajstić information content (AvgIpc) is 3.02. The van der Waals surface area contributed by atoms with E-state index in [4.69, 9.17) is 0 Å². The van der Waals surface area contributed by atoms with Gasteiger partial charge in [0.1, 0.15) is 5.52 Å². The van der Waals surface area contributed by atoms with Crippen LogP contribution in [-0.4, -0.2) is 20.0 Å². The van der Waals surface area contributed by atoms with Crippen LogP contribution in [0.2, 0.25) is 0 Å². The van der Waals surface area contributed by atoms with Crippen molar-refractivity contribution in [3.63, 3.8) is 0 Å². The molecule has 30 heavy (non-hydrogen) atoms. The Labute approximate surface area is 172 Å². The molecular formula is C23H22N4O3. The molecule has 4 aromatic rings. The van der Waals surface area contributed by atoms with Gasteiger partial charge in [-0.15, -0.1) is 0 Å². The quantitative estimate of drug-likeness (QED) is 0.552. The summed E-state index contributed by atoms with van der Waals surface area (Å²) in [7, 11) is 1.68. The Bertz CT molecular complexity index is 1410. The van der Waals surface area contributed by atoms with E-state index in [2.05, 4.69) is 10.3 Å². The van der Waals surface area contributed by atoms with Gasteiger partial charge in [-0.05, 0) is 50.1 Å². The zero-order valence-electron chi connectivity index (χ0n) is 17.2. The highest BCUT2D eigenvalue weighted by atomic mass is 16.2. The van der Waals surface area contributed by atoms with E-state index in [9.17, 15) is 14.4 Å². The summed E-state index contributed by atoms with van der Waals surface area (Å²) in [5.74, 6) is -0.391. The Morgan fingerprint density at radius 2 is 1.63 bits per heavy atom. The minimum atomic E-state index is -0.594. The van der Waals surface area contributed by atoms with Crippen LogP contribution in [0.1, 0.15) is 27.0 Å². The third kappa shape index (κ3) is 3.24. The number of amides is 1. The number of nitrogens with zero attached hydrogens (tertiary/aromatic N) is 2. The number of hydrogen-bond acceptors (Lipinski definition) is 3. The molecular weight excluding hydrogens is 380 g/mol. The summed E-state index contributed by atoms with van der Waals surface area (Å²) in [6.07, 6.45) is 1.56. The topological polar surface area (TPSA) is 88.9 Å². The van der Waals surface area contributed by atoms with E-state index in [-0.39, 0.29) is 16.6 Å². The number of benzene rings is 2. The number of carbonyl (C=O) groups is 1. The van der Waals surface area contributed by atoms with E-state index in [1.54, 1.807) is 29.9 Å². The molecule has 7 nitrogen and oxygen atoms in total. The van der Waals surface area contributed by atoms with Crippen molar-refractivity contribution in [2.24, 2.45) is 7.05 Å². The third-order valence-electron chi connectivity index (χ3n) is 5.20. The number of aromatic nitrogens is 3. The molecule has 0 aliphatic rings. The highest BCUT2D eigenvalue weighted by molar-refractivity contribution is 6.12. The Morgan fingerprint density at radius 3 is 2.33 bits per heavy atom. The number of carbonyl (C=O) groups excluding carboxylic acids is 1. The normalized spacial score (nSPS) is 11.1. The van der Waals surface area contributed by atoms with Gasteiger partial charge in [0.2, 0.25) is 0 Å². The molecule has 0 bridgehead atoms. The van der Waals surface area contributed by atoms with E-state index < -0.39 is 17.2 Å². The Kier molecular flexibility index (Phi) is 4.66. The fourth-order valence-electron chi connectivity index (χ4n) is 3.53.